The molecule has 1 atom stereocenters. The Morgan fingerprint density at radius 1 is 1.38 bits per heavy atom. The van der Waals surface area contributed by atoms with E-state index in [9.17, 15) is 18.1 Å². The summed E-state index contributed by atoms with van der Waals surface area (Å²) in [5, 5.41) is 9.17. The number of rotatable bonds is 3. The standard InChI is InChI=1S/C9H10BF3NO.K/c1-7(15)9-4-2-3-8(14-9)5-6-10(11,12)13;/h2-7,15H,1H3;/q-1;+1/b6-5+;. The van der Waals surface area contributed by atoms with Gasteiger partial charge in [0.1, 0.15) is 0 Å². The van der Waals surface area contributed by atoms with Crippen molar-refractivity contribution >= 4 is 13.1 Å². The van der Waals surface area contributed by atoms with Gasteiger partial charge in [-0.15, -0.1) is 5.98 Å². The number of aromatic nitrogens is 1. The maximum absolute atomic E-state index is 11.9. The number of hydrogen-bond acceptors (Lipinski definition) is 2. The first-order chi connectivity index (χ1) is 6.88. The second kappa shape index (κ2) is 6.93. The van der Waals surface area contributed by atoms with E-state index in [-0.39, 0.29) is 63.1 Å². The van der Waals surface area contributed by atoms with Crippen LogP contribution in [0.15, 0.2) is 24.2 Å². The Bertz CT molecular complexity index is 368. The molecule has 0 saturated carbocycles. The summed E-state index contributed by atoms with van der Waals surface area (Å²) in [6.07, 6.45) is 0.112. The molecule has 1 N–H and O–H groups in total. The summed E-state index contributed by atoms with van der Waals surface area (Å²) in [6.45, 7) is -3.44. The molecule has 0 aliphatic heterocycles. The van der Waals surface area contributed by atoms with Crippen molar-refractivity contribution in [1.29, 1.82) is 0 Å². The zero-order valence-corrected chi connectivity index (χ0v) is 12.2. The van der Waals surface area contributed by atoms with Crippen LogP contribution in [0.25, 0.3) is 6.08 Å². The van der Waals surface area contributed by atoms with Gasteiger partial charge in [0.05, 0.1) is 17.5 Å². The van der Waals surface area contributed by atoms with E-state index in [0.717, 1.165) is 6.08 Å². The Morgan fingerprint density at radius 3 is 2.50 bits per heavy atom. The summed E-state index contributed by atoms with van der Waals surface area (Å²) in [7, 11) is 0. The van der Waals surface area contributed by atoms with Gasteiger partial charge in [0.25, 0.3) is 0 Å². The van der Waals surface area contributed by atoms with Gasteiger partial charge in [0.15, 0.2) is 0 Å². The van der Waals surface area contributed by atoms with Gasteiger partial charge in [0.2, 0.25) is 0 Å². The number of nitrogens with zero attached hydrogens (tertiary/aromatic N) is 1. The van der Waals surface area contributed by atoms with E-state index < -0.39 is 13.1 Å². The van der Waals surface area contributed by atoms with Crippen LogP contribution in [0.5, 0.6) is 0 Å². The average molecular weight is 255 g/mol. The zero-order chi connectivity index (χ0) is 11.5. The van der Waals surface area contributed by atoms with Crippen molar-refractivity contribution in [3.05, 3.63) is 35.6 Å². The predicted octanol–water partition coefficient (Wildman–Crippen LogP) is -0.461. The van der Waals surface area contributed by atoms with Gasteiger partial charge >= 0.3 is 58.4 Å². The molecule has 16 heavy (non-hydrogen) atoms. The average Bonchev–Trinajstić information content (AvgIpc) is 2.14. The zero-order valence-electron chi connectivity index (χ0n) is 9.07. The summed E-state index contributed by atoms with van der Waals surface area (Å²) in [6, 6.07) is 4.56. The van der Waals surface area contributed by atoms with Crippen LogP contribution in [0.2, 0.25) is 0 Å². The van der Waals surface area contributed by atoms with Crippen molar-refractivity contribution < 1.29 is 69.4 Å². The van der Waals surface area contributed by atoms with Gasteiger partial charge in [0, 0.05) is 0 Å². The third kappa shape index (κ3) is 6.17. The van der Waals surface area contributed by atoms with Gasteiger partial charge in [-0.25, -0.2) is 0 Å². The minimum Gasteiger partial charge on any atom is -0.445 e. The molecule has 0 spiro atoms. The minimum absolute atomic E-state index is 0. The molecular weight excluding hydrogens is 245 g/mol. The van der Waals surface area contributed by atoms with Crippen molar-refractivity contribution in [1.82, 2.24) is 4.98 Å². The summed E-state index contributed by atoms with van der Waals surface area (Å²) in [4.78, 5) is 3.85. The Kier molecular flexibility index (Phi) is 7.08. The molecule has 0 amide bonds. The van der Waals surface area contributed by atoms with Crippen LogP contribution < -0.4 is 51.4 Å². The van der Waals surface area contributed by atoms with Crippen molar-refractivity contribution in [2.45, 2.75) is 13.0 Å². The molecule has 1 unspecified atom stereocenters. The second-order valence-electron chi connectivity index (χ2n) is 3.15. The van der Waals surface area contributed by atoms with E-state index in [1.165, 1.54) is 13.0 Å². The molecule has 0 aromatic carbocycles. The fourth-order valence-corrected chi connectivity index (χ4v) is 1.00. The van der Waals surface area contributed by atoms with Crippen LogP contribution in [0.3, 0.4) is 0 Å². The Hall–Kier alpha value is 0.341. The van der Waals surface area contributed by atoms with E-state index >= 15 is 0 Å². The van der Waals surface area contributed by atoms with E-state index in [2.05, 4.69) is 4.98 Å². The van der Waals surface area contributed by atoms with Gasteiger partial charge in [-0.3, -0.25) is 4.98 Å². The minimum atomic E-state index is -4.94. The molecule has 2 nitrogen and oxygen atoms in total. The topological polar surface area (TPSA) is 33.1 Å². The molecule has 0 fully saturated rings. The fraction of sp³-hybridized carbons (Fsp3) is 0.222. The molecule has 82 valence electrons. The third-order valence-electron chi connectivity index (χ3n) is 1.71. The third-order valence-corrected chi connectivity index (χ3v) is 1.71. The van der Waals surface area contributed by atoms with Crippen LogP contribution in [0.1, 0.15) is 24.4 Å². The molecule has 1 heterocycles. The molecule has 0 aliphatic carbocycles. The largest absolute Gasteiger partial charge is 1.00 e. The molecule has 1 aromatic rings. The first-order valence-corrected chi connectivity index (χ1v) is 4.43. The van der Waals surface area contributed by atoms with Crippen molar-refractivity contribution in [2.75, 3.05) is 0 Å². The SMILES string of the molecule is CC(O)c1cccc(/C=C/[B-](F)(F)F)n1.[K+]. The summed E-state index contributed by atoms with van der Waals surface area (Å²) in [5.41, 5.74) is 0.541. The number of aliphatic hydroxyl groups excluding tert-OH is 1. The molecule has 0 saturated heterocycles. The first kappa shape index (κ1) is 16.3. The van der Waals surface area contributed by atoms with Gasteiger partial charge in [-0.2, -0.15) is 0 Å². The molecule has 7 heteroatoms. The molecular formula is C9H10BF3KNO. The van der Waals surface area contributed by atoms with E-state index in [4.69, 9.17) is 0 Å². The first-order valence-electron chi connectivity index (χ1n) is 4.43. The van der Waals surface area contributed by atoms with E-state index in [1.54, 1.807) is 12.1 Å². The summed E-state index contributed by atoms with van der Waals surface area (Å²) in [5.74, 6) is 0.175. The van der Waals surface area contributed by atoms with Crippen molar-refractivity contribution in [3.63, 3.8) is 0 Å². The Balaban J connectivity index is 0.00000225. The van der Waals surface area contributed by atoms with Crippen molar-refractivity contribution in [2.24, 2.45) is 0 Å². The molecule has 0 aliphatic rings. The molecule has 1 aromatic heterocycles. The van der Waals surface area contributed by atoms with Crippen LogP contribution in [-0.4, -0.2) is 17.1 Å². The van der Waals surface area contributed by atoms with Crippen LogP contribution in [0, 0.1) is 0 Å². The quantitative estimate of drug-likeness (QED) is 0.741. The van der Waals surface area contributed by atoms with Gasteiger partial charge in [-0.1, -0.05) is 12.1 Å². The Labute approximate surface area is 134 Å². The maximum Gasteiger partial charge on any atom is 1.00 e. The number of pyridine rings is 1. The normalized spacial score (nSPS) is 13.6. The molecule has 0 radical (unpaired) electrons. The number of hydrogen-bond donors (Lipinski definition) is 1. The number of aliphatic hydroxyl groups is 1. The maximum atomic E-state index is 11.9. The molecule has 0 bridgehead atoms. The van der Waals surface area contributed by atoms with E-state index in [0.29, 0.717) is 5.69 Å². The second-order valence-corrected chi connectivity index (χ2v) is 3.15. The summed E-state index contributed by atoms with van der Waals surface area (Å²) >= 11 is 0. The monoisotopic (exact) mass is 255 g/mol. The van der Waals surface area contributed by atoms with E-state index in [1.807, 2.05) is 0 Å². The fourth-order valence-electron chi connectivity index (χ4n) is 1.00. The van der Waals surface area contributed by atoms with Crippen molar-refractivity contribution in [3.8, 4) is 0 Å². The smallest absolute Gasteiger partial charge is 0.445 e. The van der Waals surface area contributed by atoms with Gasteiger partial charge < -0.3 is 18.1 Å². The van der Waals surface area contributed by atoms with Crippen LogP contribution >= 0.6 is 0 Å². The van der Waals surface area contributed by atoms with Gasteiger partial charge in [-0.05, 0) is 19.1 Å². The summed E-state index contributed by atoms with van der Waals surface area (Å²) < 4.78 is 35.7. The van der Waals surface area contributed by atoms with Crippen LogP contribution in [0.4, 0.5) is 12.9 Å². The van der Waals surface area contributed by atoms with Crippen LogP contribution in [-0.2, 0) is 0 Å². The number of halogens is 3. The Morgan fingerprint density at radius 2 is 2.00 bits per heavy atom. The molecule has 1 rings (SSSR count). The predicted molar refractivity (Wildman–Crippen MR) is 53.0 cm³/mol.